The Kier molecular flexibility index (Phi) is 4.77. The highest BCUT2D eigenvalue weighted by molar-refractivity contribution is 7.10. The summed E-state index contributed by atoms with van der Waals surface area (Å²) < 4.78 is 0. The normalized spacial score (nSPS) is 15.5. The van der Waals surface area contributed by atoms with Gasteiger partial charge < -0.3 is 10.4 Å². The minimum absolute atomic E-state index is 0.625. The minimum Gasteiger partial charge on any atom is -0.383 e. The number of thiophene rings is 1. The van der Waals surface area contributed by atoms with Gasteiger partial charge in [-0.25, -0.2) is 0 Å². The van der Waals surface area contributed by atoms with Crippen molar-refractivity contribution >= 4 is 11.3 Å². The zero-order valence-corrected chi connectivity index (χ0v) is 10.6. The van der Waals surface area contributed by atoms with Crippen LogP contribution >= 0.6 is 11.3 Å². The summed E-state index contributed by atoms with van der Waals surface area (Å²) in [7, 11) is 0. The van der Waals surface area contributed by atoms with Crippen LogP contribution in [0.2, 0.25) is 0 Å². The van der Waals surface area contributed by atoms with Crippen molar-refractivity contribution in [3.05, 3.63) is 22.4 Å². The van der Waals surface area contributed by atoms with Gasteiger partial charge in [-0.1, -0.05) is 19.9 Å². The third-order valence-electron chi connectivity index (χ3n) is 2.42. The van der Waals surface area contributed by atoms with Crippen molar-refractivity contribution < 1.29 is 5.11 Å². The second kappa shape index (κ2) is 5.64. The van der Waals surface area contributed by atoms with Gasteiger partial charge in [-0.3, -0.25) is 0 Å². The molecule has 0 aromatic carbocycles. The second-order valence-electron chi connectivity index (χ2n) is 4.61. The molecule has 1 rings (SSSR count). The van der Waals surface area contributed by atoms with E-state index in [4.69, 9.17) is 0 Å². The van der Waals surface area contributed by atoms with Gasteiger partial charge in [-0.05, 0) is 37.3 Å². The highest BCUT2D eigenvalue weighted by Gasteiger charge is 2.23. The Hall–Kier alpha value is -0.380. The highest BCUT2D eigenvalue weighted by atomic mass is 32.1. The SMILES string of the molecule is CC(C)CCNC[C@@](C)(O)c1cccs1. The molecule has 3 heteroatoms. The van der Waals surface area contributed by atoms with E-state index >= 15 is 0 Å². The predicted molar refractivity (Wildman–Crippen MR) is 66.2 cm³/mol. The van der Waals surface area contributed by atoms with Crippen LogP contribution in [0.25, 0.3) is 0 Å². The smallest absolute Gasteiger partial charge is 0.108 e. The molecule has 1 atom stereocenters. The third kappa shape index (κ3) is 4.33. The van der Waals surface area contributed by atoms with E-state index in [-0.39, 0.29) is 0 Å². The van der Waals surface area contributed by atoms with Gasteiger partial charge in [-0.2, -0.15) is 0 Å². The van der Waals surface area contributed by atoms with E-state index in [1.807, 2.05) is 24.4 Å². The van der Waals surface area contributed by atoms with Gasteiger partial charge in [0.1, 0.15) is 5.60 Å². The van der Waals surface area contributed by atoms with E-state index in [1.54, 1.807) is 11.3 Å². The molecule has 0 aliphatic carbocycles. The maximum Gasteiger partial charge on any atom is 0.108 e. The highest BCUT2D eigenvalue weighted by Crippen LogP contribution is 2.24. The summed E-state index contributed by atoms with van der Waals surface area (Å²) >= 11 is 1.60. The Morgan fingerprint density at radius 2 is 2.27 bits per heavy atom. The molecule has 1 heterocycles. The van der Waals surface area contributed by atoms with E-state index in [9.17, 15) is 5.11 Å². The van der Waals surface area contributed by atoms with Crippen molar-refractivity contribution in [3.8, 4) is 0 Å². The topological polar surface area (TPSA) is 32.3 Å². The Morgan fingerprint density at radius 1 is 1.53 bits per heavy atom. The predicted octanol–water partition coefficient (Wildman–Crippen LogP) is 2.59. The average molecular weight is 227 g/mol. The van der Waals surface area contributed by atoms with Crippen LogP contribution in [-0.4, -0.2) is 18.2 Å². The fraction of sp³-hybridized carbons (Fsp3) is 0.667. The molecule has 0 aliphatic heterocycles. The summed E-state index contributed by atoms with van der Waals surface area (Å²) in [5.74, 6) is 0.712. The Bertz CT molecular complexity index is 267. The molecule has 1 aromatic heterocycles. The molecule has 0 radical (unpaired) electrons. The molecule has 0 saturated heterocycles. The van der Waals surface area contributed by atoms with E-state index in [2.05, 4.69) is 19.2 Å². The fourth-order valence-electron chi connectivity index (χ4n) is 1.39. The zero-order chi connectivity index (χ0) is 11.3. The monoisotopic (exact) mass is 227 g/mol. The molecular formula is C12H21NOS. The molecular weight excluding hydrogens is 206 g/mol. The van der Waals surface area contributed by atoms with Crippen molar-refractivity contribution in [1.82, 2.24) is 5.32 Å². The van der Waals surface area contributed by atoms with E-state index in [1.165, 1.54) is 0 Å². The van der Waals surface area contributed by atoms with Crippen LogP contribution in [0.15, 0.2) is 17.5 Å². The molecule has 0 bridgehead atoms. The molecule has 86 valence electrons. The van der Waals surface area contributed by atoms with Gasteiger partial charge in [0, 0.05) is 11.4 Å². The van der Waals surface area contributed by atoms with Gasteiger partial charge in [0.05, 0.1) is 0 Å². The molecule has 0 fully saturated rings. The number of aliphatic hydroxyl groups is 1. The Balaban J connectivity index is 2.31. The first-order valence-corrected chi connectivity index (χ1v) is 6.37. The first-order valence-electron chi connectivity index (χ1n) is 5.49. The number of hydrogen-bond donors (Lipinski definition) is 2. The molecule has 2 N–H and O–H groups in total. The number of nitrogens with one attached hydrogen (secondary N) is 1. The van der Waals surface area contributed by atoms with Crippen LogP contribution in [0.4, 0.5) is 0 Å². The van der Waals surface area contributed by atoms with Crippen LogP contribution in [0.3, 0.4) is 0 Å². The van der Waals surface area contributed by atoms with Crippen molar-refractivity contribution in [1.29, 1.82) is 0 Å². The number of hydrogen-bond acceptors (Lipinski definition) is 3. The molecule has 0 aliphatic rings. The van der Waals surface area contributed by atoms with Gasteiger partial charge >= 0.3 is 0 Å². The third-order valence-corrected chi connectivity index (χ3v) is 3.54. The molecule has 0 spiro atoms. The first-order chi connectivity index (χ1) is 7.02. The van der Waals surface area contributed by atoms with Crippen LogP contribution in [-0.2, 0) is 5.60 Å². The summed E-state index contributed by atoms with van der Waals surface area (Å²) in [4.78, 5) is 1.03. The lowest BCUT2D eigenvalue weighted by Crippen LogP contribution is -2.35. The van der Waals surface area contributed by atoms with E-state index in [0.717, 1.165) is 17.8 Å². The minimum atomic E-state index is -0.731. The lowest BCUT2D eigenvalue weighted by molar-refractivity contribution is 0.0606. The molecule has 0 saturated carbocycles. The molecule has 15 heavy (non-hydrogen) atoms. The number of rotatable bonds is 6. The Morgan fingerprint density at radius 3 is 2.80 bits per heavy atom. The zero-order valence-electron chi connectivity index (χ0n) is 9.79. The molecule has 2 nitrogen and oxygen atoms in total. The summed E-state index contributed by atoms with van der Waals surface area (Å²) in [5.41, 5.74) is -0.731. The van der Waals surface area contributed by atoms with Gasteiger partial charge in [0.2, 0.25) is 0 Å². The van der Waals surface area contributed by atoms with Crippen molar-refractivity contribution in [2.24, 2.45) is 5.92 Å². The average Bonchev–Trinajstić information content (AvgIpc) is 2.65. The fourth-order valence-corrected chi connectivity index (χ4v) is 2.18. The first kappa shape index (κ1) is 12.7. The maximum absolute atomic E-state index is 10.2. The second-order valence-corrected chi connectivity index (χ2v) is 5.56. The van der Waals surface area contributed by atoms with Crippen molar-refractivity contribution in [2.45, 2.75) is 32.8 Å². The summed E-state index contributed by atoms with van der Waals surface area (Å²) in [5, 5.41) is 15.5. The summed E-state index contributed by atoms with van der Waals surface area (Å²) in [6.45, 7) is 7.87. The summed E-state index contributed by atoms with van der Waals surface area (Å²) in [6.07, 6.45) is 1.15. The standard InChI is InChI=1S/C12H21NOS/c1-10(2)6-7-13-9-12(3,14)11-5-4-8-15-11/h4-5,8,10,13-14H,6-7,9H2,1-3H3/t12-/m1/s1. The van der Waals surface area contributed by atoms with Gasteiger partial charge in [0.15, 0.2) is 0 Å². The van der Waals surface area contributed by atoms with Crippen LogP contribution in [0.5, 0.6) is 0 Å². The van der Waals surface area contributed by atoms with E-state index < -0.39 is 5.60 Å². The van der Waals surface area contributed by atoms with Crippen molar-refractivity contribution in [2.75, 3.05) is 13.1 Å². The lowest BCUT2D eigenvalue weighted by Gasteiger charge is -2.22. The van der Waals surface area contributed by atoms with Crippen LogP contribution in [0.1, 0.15) is 32.1 Å². The van der Waals surface area contributed by atoms with Crippen molar-refractivity contribution in [3.63, 3.8) is 0 Å². The maximum atomic E-state index is 10.2. The van der Waals surface area contributed by atoms with Crippen LogP contribution < -0.4 is 5.32 Å². The van der Waals surface area contributed by atoms with Crippen LogP contribution in [0, 0.1) is 5.92 Å². The Labute approximate surface area is 96.3 Å². The largest absolute Gasteiger partial charge is 0.383 e. The quantitative estimate of drug-likeness (QED) is 0.732. The molecule has 1 aromatic rings. The van der Waals surface area contributed by atoms with Gasteiger partial charge in [0.25, 0.3) is 0 Å². The van der Waals surface area contributed by atoms with Gasteiger partial charge in [-0.15, -0.1) is 11.3 Å². The molecule has 0 unspecified atom stereocenters. The molecule has 0 amide bonds. The van der Waals surface area contributed by atoms with E-state index in [0.29, 0.717) is 12.5 Å². The lowest BCUT2D eigenvalue weighted by atomic mass is 10.0. The summed E-state index contributed by atoms with van der Waals surface area (Å²) in [6, 6.07) is 3.96.